The molecule has 0 saturated carbocycles. The Morgan fingerprint density at radius 2 is 1.85 bits per heavy atom. The van der Waals surface area contributed by atoms with Gasteiger partial charge in [-0.2, -0.15) is 13.2 Å². The number of alkyl halides is 3. The van der Waals surface area contributed by atoms with E-state index >= 15 is 0 Å². The molecular formula is C14H18F3NO2. The van der Waals surface area contributed by atoms with E-state index in [1.54, 1.807) is 0 Å². The van der Waals surface area contributed by atoms with E-state index in [-0.39, 0.29) is 12.4 Å². The first-order valence-electron chi connectivity index (χ1n) is 6.32. The third-order valence-corrected chi connectivity index (χ3v) is 2.99. The molecular weight excluding hydrogens is 271 g/mol. The smallest absolute Gasteiger partial charge is 0.416 e. The third kappa shape index (κ3) is 5.21. The molecule has 112 valence electrons. The first kappa shape index (κ1) is 16.5. The second-order valence-corrected chi connectivity index (χ2v) is 4.39. The van der Waals surface area contributed by atoms with Crippen molar-refractivity contribution >= 4 is 5.97 Å². The summed E-state index contributed by atoms with van der Waals surface area (Å²) in [5, 5.41) is 0. The van der Waals surface area contributed by atoms with Crippen molar-refractivity contribution in [3.8, 4) is 0 Å². The van der Waals surface area contributed by atoms with E-state index in [1.807, 2.05) is 11.8 Å². The number of halogens is 3. The summed E-state index contributed by atoms with van der Waals surface area (Å²) in [6.45, 7) is 3.66. The lowest BCUT2D eigenvalue weighted by molar-refractivity contribution is -0.141. The van der Waals surface area contributed by atoms with Crippen molar-refractivity contribution < 1.29 is 22.7 Å². The summed E-state index contributed by atoms with van der Waals surface area (Å²) in [5.74, 6) is -0.295. The number of hydrogen-bond acceptors (Lipinski definition) is 3. The largest absolute Gasteiger partial charge is 0.469 e. The predicted molar refractivity (Wildman–Crippen MR) is 69.0 cm³/mol. The Morgan fingerprint density at radius 1 is 1.25 bits per heavy atom. The molecule has 0 saturated heterocycles. The molecule has 0 atom stereocenters. The Kier molecular flexibility index (Phi) is 6.01. The Labute approximate surface area is 116 Å². The van der Waals surface area contributed by atoms with Crippen LogP contribution in [0.15, 0.2) is 24.3 Å². The summed E-state index contributed by atoms with van der Waals surface area (Å²) < 4.78 is 41.9. The maximum absolute atomic E-state index is 12.4. The molecule has 3 nitrogen and oxygen atoms in total. The molecule has 0 spiro atoms. The van der Waals surface area contributed by atoms with Crippen LogP contribution in [0, 0.1) is 0 Å². The third-order valence-electron chi connectivity index (χ3n) is 2.99. The molecule has 0 aliphatic heterocycles. The van der Waals surface area contributed by atoms with E-state index in [4.69, 9.17) is 0 Å². The molecule has 0 radical (unpaired) electrons. The van der Waals surface area contributed by atoms with Crippen LogP contribution in [0.4, 0.5) is 13.2 Å². The van der Waals surface area contributed by atoms with Gasteiger partial charge in [0.25, 0.3) is 0 Å². The number of methoxy groups -OCH3 is 1. The summed E-state index contributed by atoms with van der Waals surface area (Å²) >= 11 is 0. The van der Waals surface area contributed by atoms with Crippen molar-refractivity contribution in [3.63, 3.8) is 0 Å². The highest BCUT2D eigenvalue weighted by Crippen LogP contribution is 2.29. The molecule has 1 aromatic carbocycles. The molecule has 20 heavy (non-hydrogen) atoms. The van der Waals surface area contributed by atoms with E-state index in [9.17, 15) is 18.0 Å². The van der Waals surface area contributed by atoms with Crippen LogP contribution in [-0.4, -0.2) is 31.1 Å². The lowest BCUT2D eigenvalue weighted by atomic mass is 10.1. The molecule has 0 amide bonds. The molecule has 1 aromatic rings. The Balaban J connectivity index is 2.59. The molecule has 0 bridgehead atoms. The Morgan fingerprint density at radius 3 is 2.30 bits per heavy atom. The van der Waals surface area contributed by atoms with Gasteiger partial charge in [-0.3, -0.25) is 9.69 Å². The van der Waals surface area contributed by atoms with E-state index in [2.05, 4.69) is 4.74 Å². The quantitative estimate of drug-likeness (QED) is 0.754. The number of esters is 1. The monoisotopic (exact) mass is 289 g/mol. The zero-order chi connectivity index (χ0) is 15.2. The fourth-order valence-corrected chi connectivity index (χ4v) is 1.76. The van der Waals surface area contributed by atoms with Gasteiger partial charge in [-0.1, -0.05) is 19.1 Å². The number of benzene rings is 1. The van der Waals surface area contributed by atoms with Gasteiger partial charge in [0.1, 0.15) is 0 Å². The molecule has 0 unspecified atom stereocenters. The number of rotatable bonds is 6. The zero-order valence-electron chi connectivity index (χ0n) is 11.5. The first-order valence-corrected chi connectivity index (χ1v) is 6.32. The summed E-state index contributed by atoms with van der Waals surface area (Å²) in [6.07, 6.45) is -4.04. The van der Waals surface area contributed by atoms with E-state index in [0.717, 1.165) is 17.7 Å². The Hall–Kier alpha value is -1.56. The summed E-state index contributed by atoms with van der Waals surface area (Å²) in [6, 6.07) is 5.07. The topological polar surface area (TPSA) is 29.5 Å². The van der Waals surface area contributed by atoms with Crippen molar-refractivity contribution in [1.29, 1.82) is 0 Å². The fraction of sp³-hybridized carbons (Fsp3) is 0.500. The standard InChI is InChI=1S/C14H18F3NO2/c1-3-18(9-8-13(19)20-2)10-11-4-6-12(7-5-11)14(15,16)17/h4-7H,3,8-10H2,1-2H3. The highest BCUT2D eigenvalue weighted by molar-refractivity contribution is 5.69. The van der Waals surface area contributed by atoms with Crippen LogP contribution in [0.5, 0.6) is 0 Å². The molecule has 0 aromatic heterocycles. The maximum Gasteiger partial charge on any atom is 0.416 e. The van der Waals surface area contributed by atoms with Crippen molar-refractivity contribution in [2.24, 2.45) is 0 Å². The number of nitrogens with zero attached hydrogens (tertiary/aromatic N) is 1. The van der Waals surface area contributed by atoms with Crippen LogP contribution < -0.4 is 0 Å². The van der Waals surface area contributed by atoms with Gasteiger partial charge in [-0.05, 0) is 24.2 Å². The van der Waals surface area contributed by atoms with Gasteiger partial charge in [-0.25, -0.2) is 0 Å². The molecule has 0 N–H and O–H groups in total. The fourth-order valence-electron chi connectivity index (χ4n) is 1.76. The zero-order valence-corrected chi connectivity index (χ0v) is 11.5. The van der Waals surface area contributed by atoms with Gasteiger partial charge in [0.05, 0.1) is 19.1 Å². The first-order chi connectivity index (χ1) is 9.36. The minimum atomic E-state index is -4.31. The highest BCUT2D eigenvalue weighted by Gasteiger charge is 2.29. The highest BCUT2D eigenvalue weighted by atomic mass is 19.4. The average molecular weight is 289 g/mol. The second-order valence-electron chi connectivity index (χ2n) is 4.39. The summed E-state index contributed by atoms with van der Waals surface area (Å²) in [5.41, 5.74) is 0.128. The van der Waals surface area contributed by atoms with Crippen molar-refractivity contribution in [2.45, 2.75) is 26.1 Å². The average Bonchev–Trinajstić information content (AvgIpc) is 2.42. The minimum absolute atomic E-state index is 0.269. The van der Waals surface area contributed by atoms with Crippen LogP contribution in [-0.2, 0) is 22.3 Å². The van der Waals surface area contributed by atoms with Crippen LogP contribution in [0.1, 0.15) is 24.5 Å². The number of ether oxygens (including phenoxy) is 1. The molecule has 0 aliphatic rings. The summed E-state index contributed by atoms with van der Waals surface area (Å²) in [7, 11) is 1.33. The molecule has 0 aliphatic carbocycles. The lowest BCUT2D eigenvalue weighted by Gasteiger charge is -2.20. The molecule has 0 fully saturated rings. The second kappa shape index (κ2) is 7.28. The Bertz CT molecular complexity index is 429. The van der Waals surface area contributed by atoms with Crippen LogP contribution in [0.3, 0.4) is 0 Å². The van der Waals surface area contributed by atoms with Crippen LogP contribution >= 0.6 is 0 Å². The lowest BCUT2D eigenvalue weighted by Crippen LogP contribution is -2.26. The van der Waals surface area contributed by atoms with Crippen molar-refractivity contribution in [2.75, 3.05) is 20.2 Å². The predicted octanol–water partition coefficient (Wildman–Crippen LogP) is 3.09. The number of hydrogen-bond donors (Lipinski definition) is 0. The van der Waals surface area contributed by atoms with E-state index in [1.165, 1.54) is 19.2 Å². The normalized spacial score (nSPS) is 11.7. The van der Waals surface area contributed by atoms with E-state index in [0.29, 0.717) is 19.6 Å². The maximum atomic E-state index is 12.4. The van der Waals surface area contributed by atoms with Gasteiger partial charge in [0.15, 0.2) is 0 Å². The van der Waals surface area contributed by atoms with Crippen LogP contribution in [0.2, 0.25) is 0 Å². The molecule has 1 rings (SSSR count). The van der Waals surface area contributed by atoms with Crippen molar-refractivity contribution in [1.82, 2.24) is 4.90 Å². The SMILES string of the molecule is CCN(CCC(=O)OC)Cc1ccc(C(F)(F)F)cc1. The van der Waals surface area contributed by atoms with Gasteiger partial charge in [0.2, 0.25) is 0 Å². The van der Waals surface area contributed by atoms with E-state index < -0.39 is 11.7 Å². The minimum Gasteiger partial charge on any atom is -0.469 e. The number of carbonyl (C=O) groups is 1. The van der Waals surface area contributed by atoms with Gasteiger partial charge in [0, 0.05) is 13.1 Å². The van der Waals surface area contributed by atoms with Gasteiger partial charge < -0.3 is 4.74 Å². The van der Waals surface area contributed by atoms with Gasteiger partial charge in [-0.15, -0.1) is 0 Å². The van der Waals surface area contributed by atoms with Crippen LogP contribution in [0.25, 0.3) is 0 Å². The van der Waals surface area contributed by atoms with Crippen molar-refractivity contribution in [3.05, 3.63) is 35.4 Å². The molecule has 6 heteroatoms. The molecule has 0 heterocycles. The van der Waals surface area contributed by atoms with Gasteiger partial charge >= 0.3 is 12.1 Å². The summed E-state index contributed by atoms with van der Waals surface area (Å²) in [4.78, 5) is 13.0. The number of carbonyl (C=O) groups excluding carboxylic acids is 1.